The van der Waals surface area contributed by atoms with Gasteiger partial charge in [0.25, 0.3) is 0 Å². The number of sulfonamides is 1. The summed E-state index contributed by atoms with van der Waals surface area (Å²) in [5, 5.41) is 11.3. The molecule has 21 heavy (non-hydrogen) atoms. The number of rotatable bonds is 4. The lowest BCUT2D eigenvalue weighted by Gasteiger charge is -2.23. The molecular weight excluding hydrogens is 290 g/mol. The minimum absolute atomic E-state index is 0.0480. The molecule has 1 aromatic carbocycles. The van der Waals surface area contributed by atoms with E-state index in [0.717, 1.165) is 24.8 Å². The maximum absolute atomic E-state index is 12.4. The molecule has 0 aromatic heterocycles. The van der Waals surface area contributed by atoms with Gasteiger partial charge in [0.2, 0.25) is 10.0 Å². The van der Waals surface area contributed by atoms with Crippen LogP contribution in [0.15, 0.2) is 23.4 Å². The van der Waals surface area contributed by atoms with Gasteiger partial charge in [-0.1, -0.05) is 36.6 Å². The molecular formula is C14H21N3O3S. The summed E-state index contributed by atoms with van der Waals surface area (Å²) in [5.41, 5.74) is 7.29. The van der Waals surface area contributed by atoms with Gasteiger partial charge in [-0.3, -0.25) is 4.72 Å². The fraction of sp³-hybridized carbons (Fsp3) is 0.500. The molecule has 116 valence electrons. The van der Waals surface area contributed by atoms with Gasteiger partial charge in [0.1, 0.15) is 0 Å². The van der Waals surface area contributed by atoms with Crippen molar-refractivity contribution in [3.8, 4) is 0 Å². The van der Waals surface area contributed by atoms with E-state index in [-0.39, 0.29) is 11.1 Å². The highest BCUT2D eigenvalue weighted by atomic mass is 32.2. The van der Waals surface area contributed by atoms with Crippen molar-refractivity contribution >= 4 is 21.5 Å². The lowest BCUT2D eigenvalue weighted by Crippen LogP contribution is -2.30. The molecule has 0 amide bonds. The summed E-state index contributed by atoms with van der Waals surface area (Å²) in [6, 6.07) is 5.01. The van der Waals surface area contributed by atoms with Crippen LogP contribution < -0.4 is 10.5 Å². The van der Waals surface area contributed by atoms with Gasteiger partial charge in [-0.15, -0.1) is 0 Å². The topological polar surface area (TPSA) is 105 Å². The zero-order valence-electron chi connectivity index (χ0n) is 12.0. The Balaban J connectivity index is 2.25. The maximum Gasteiger partial charge on any atom is 0.235 e. The Morgan fingerprint density at radius 1 is 1.33 bits per heavy atom. The van der Waals surface area contributed by atoms with E-state index in [2.05, 4.69) is 9.88 Å². The smallest absolute Gasteiger partial charge is 0.235 e. The third-order valence-corrected chi connectivity index (χ3v) is 5.74. The van der Waals surface area contributed by atoms with Crippen LogP contribution in [0.25, 0.3) is 0 Å². The summed E-state index contributed by atoms with van der Waals surface area (Å²) in [5.74, 6) is -0.0480. The molecule has 0 unspecified atom stereocenters. The van der Waals surface area contributed by atoms with Gasteiger partial charge in [-0.05, 0) is 31.4 Å². The summed E-state index contributed by atoms with van der Waals surface area (Å²) in [4.78, 5) is 0. The number of nitrogens with two attached hydrogens (primary N) is 1. The third-order valence-electron chi connectivity index (χ3n) is 3.88. The lowest BCUT2D eigenvalue weighted by molar-refractivity contribution is 0.318. The predicted molar refractivity (Wildman–Crippen MR) is 83.1 cm³/mol. The Kier molecular flexibility index (Phi) is 4.72. The van der Waals surface area contributed by atoms with Crippen molar-refractivity contribution in [3.05, 3.63) is 29.3 Å². The largest absolute Gasteiger partial charge is 0.409 e. The third kappa shape index (κ3) is 3.66. The Morgan fingerprint density at radius 3 is 2.62 bits per heavy atom. The quantitative estimate of drug-likeness (QED) is 0.343. The van der Waals surface area contributed by atoms with Gasteiger partial charge in [0, 0.05) is 5.56 Å². The van der Waals surface area contributed by atoms with E-state index in [1.54, 1.807) is 18.2 Å². The van der Waals surface area contributed by atoms with E-state index in [4.69, 9.17) is 10.9 Å². The van der Waals surface area contributed by atoms with E-state index in [0.29, 0.717) is 24.1 Å². The Hall–Kier alpha value is -1.76. The van der Waals surface area contributed by atoms with Crippen LogP contribution in [0.1, 0.15) is 43.2 Å². The van der Waals surface area contributed by atoms with Gasteiger partial charge in [-0.25, -0.2) is 8.42 Å². The van der Waals surface area contributed by atoms with Gasteiger partial charge in [0.15, 0.2) is 5.84 Å². The number of oxime groups is 1. The second kappa shape index (κ2) is 6.34. The second-order valence-corrected chi connectivity index (χ2v) is 7.38. The van der Waals surface area contributed by atoms with E-state index >= 15 is 0 Å². The first-order valence-electron chi connectivity index (χ1n) is 7.04. The highest BCUT2D eigenvalue weighted by molar-refractivity contribution is 7.93. The van der Waals surface area contributed by atoms with Crippen LogP contribution in [0.3, 0.4) is 0 Å². The van der Waals surface area contributed by atoms with Crippen LogP contribution in [0.5, 0.6) is 0 Å². The molecule has 0 radical (unpaired) electrons. The number of nitrogens with one attached hydrogen (secondary N) is 1. The summed E-state index contributed by atoms with van der Waals surface area (Å²) in [6.07, 6.45) is 4.41. The predicted octanol–water partition coefficient (Wildman–Crippen LogP) is 2.16. The SMILES string of the molecule is Cc1ccc(C(N)=NO)cc1NS(=O)(=O)C1CCCCC1. The van der Waals surface area contributed by atoms with Crippen LogP contribution in [0, 0.1) is 6.92 Å². The number of benzene rings is 1. The van der Waals surface area contributed by atoms with Crippen molar-refractivity contribution in [2.45, 2.75) is 44.3 Å². The maximum atomic E-state index is 12.4. The fourth-order valence-electron chi connectivity index (χ4n) is 2.56. The molecule has 1 fully saturated rings. The van der Waals surface area contributed by atoms with Crippen LogP contribution in [-0.4, -0.2) is 24.7 Å². The molecule has 0 heterocycles. The van der Waals surface area contributed by atoms with Crippen molar-refractivity contribution < 1.29 is 13.6 Å². The summed E-state index contributed by atoms with van der Waals surface area (Å²) in [7, 11) is -3.40. The number of anilines is 1. The monoisotopic (exact) mass is 311 g/mol. The van der Waals surface area contributed by atoms with Gasteiger partial charge >= 0.3 is 0 Å². The van der Waals surface area contributed by atoms with E-state index in [9.17, 15) is 8.42 Å². The molecule has 1 aliphatic rings. The average Bonchev–Trinajstić information content (AvgIpc) is 2.49. The van der Waals surface area contributed by atoms with Crippen LogP contribution >= 0.6 is 0 Å². The fourth-order valence-corrected chi connectivity index (χ4v) is 4.21. The Morgan fingerprint density at radius 2 is 2.00 bits per heavy atom. The summed E-state index contributed by atoms with van der Waals surface area (Å²) in [6.45, 7) is 1.81. The number of hydrogen-bond acceptors (Lipinski definition) is 4. The molecule has 2 rings (SSSR count). The van der Waals surface area contributed by atoms with Gasteiger partial charge in [-0.2, -0.15) is 0 Å². The molecule has 0 bridgehead atoms. The van der Waals surface area contributed by atoms with Crippen molar-refractivity contribution in [1.29, 1.82) is 0 Å². The second-order valence-electron chi connectivity index (χ2n) is 5.42. The minimum atomic E-state index is -3.40. The molecule has 1 saturated carbocycles. The Bertz CT molecular complexity index is 635. The van der Waals surface area contributed by atoms with Crippen LogP contribution in [0.4, 0.5) is 5.69 Å². The molecule has 1 aliphatic carbocycles. The summed E-state index contributed by atoms with van der Waals surface area (Å²) < 4.78 is 27.5. The van der Waals surface area contributed by atoms with Crippen molar-refractivity contribution in [3.63, 3.8) is 0 Å². The minimum Gasteiger partial charge on any atom is -0.409 e. The molecule has 0 saturated heterocycles. The molecule has 0 aliphatic heterocycles. The molecule has 0 spiro atoms. The molecule has 4 N–H and O–H groups in total. The molecule has 0 atom stereocenters. The van der Waals surface area contributed by atoms with Gasteiger partial charge in [0.05, 0.1) is 10.9 Å². The molecule has 1 aromatic rings. The average molecular weight is 311 g/mol. The number of amidine groups is 1. The van der Waals surface area contributed by atoms with E-state index in [1.807, 2.05) is 6.92 Å². The Labute approximate surface area is 125 Å². The standard InChI is InChI=1S/C14H21N3O3S/c1-10-7-8-11(14(15)16-18)9-13(10)17-21(19,20)12-5-3-2-4-6-12/h7-9,12,17-18H,2-6H2,1H3,(H2,15,16). The van der Waals surface area contributed by atoms with E-state index in [1.165, 1.54) is 0 Å². The lowest BCUT2D eigenvalue weighted by atomic mass is 10.0. The first-order chi connectivity index (χ1) is 9.94. The number of aryl methyl sites for hydroxylation is 1. The highest BCUT2D eigenvalue weighted by Crippen LogP contribution is 2.26. The van der Waals surface area contributed by atoms with E-state index < -0.39 is 10.0 Å². The number of hydrogen-bond donors (Lipinski definition) is 3. The molecule has 7 heteroatoms. The van der Waals surface area contributed by atoms with Crippen LogP contribution in [0.2, 0.25) is 0 Å². The van der Waals surface area contributed by atoms with Crippen LogP contribution in [-0.2, 0) is 10.0 Å². The van der Waals surface area contributed by atoms with Crippen molar-refractivity contribution in [2.75, 3.05) is 4.72 Å². The van der Waals surface area contributed by atoms with Crippen molar-refractivity contribution in [1.82, 2.24) is 0 Å². The summed E-state index contributed by atoms with van der Waals surface area (Å²) >= 11 is 0. The number of nitrogens with zero attached hydrogens (tertiary/aromatic N) is 1. The first-order valence-corrected chi connectivity index (χ1v) is 8.59. The highest BCUT2D eigenvalue weighted by Gasteiger charge is 2.27. The first kappa shape index (κ1) is 15.6. The zero-order chi connectivity index (χ0) is 15.5. The zero-order valence-corrected chi connectivity index (χ0v) is 12.9. The normalized spacial score (nSPS) is 17.7. The van der Waals surface area contributed by atoms with Gasteiger partial charge < -0.3 is 10.9 Å². The molecule has 6 nitrogen and oxygen atoms in total. The van der Waals surface area contributed by atoms with Crippen molar-refractivity contribution in [2.24, 2.45) is 10.9 Å².